The summed E-state index contributed by atoms with van der Waals surface area (Å²) in [7, 11) is 0. The molecule has 1 N–H and O–H groups in total. The summed E-state index contributed by atoms with van der Waals surface area (Å²) >= 11 is 0. The molecule has 0 aromatic carbocycles. The zero-order valence-corrected chi connectivity index (χ0v) is 14.4. The fourth-order valence-corrected chi connectivity index (χ4v) is 3.48. The lowest BCUT2D eigenvalue weighted by Gasteiger charge is -2.17. The summed E-state index contributed by atoms with van der Waals surface area (Å²) in [6.45, 7) is 2.39. The third-order valence-corrected chi connectivity index (χ3v) is 4.87. The number of oxazole rings is 1. The van der Waals surface area contributed by atoms with Crippen molar-refractivity contribution in [1.29, 1.82) is 0 Å². The molecule has 0 aliphatic heterocycles. The van der Waals surface area contributed by atoms with Gasteiger partial charge >= 0.3 is 0 Å². The Morgan fingerprint density at radius 2 is 2.16 bits per heavy atom. The SMILES string of the molecule is Cc1cccn2cc(CNC(=O)c3coc(C4CCCCC4)n3)nc12. The molecule has 0 spiro atoms. The lowest BCUT2D eigenvalue weighted by molar-refractivity contribution is 0.0945. The van der Waals surface area contributed by atoms with Crippen LogP contribution in [-0.4, -0.2) is 20.3 Å². The summed E-state index contributed by atoms with van der Waals surface area (Å²) in [5.41, 5.74) is 3.18. The van der Waals surface area contributed by atoms with Crippen LogP contribution in [0.1, 0.15) is 65.7 Å². The standard InChI is InChI=1S/C19H22N4O2/c1-13-6-5-9-23-11-15(21-17(13)23)10-20-18(24)16-12-25-19(22-16)14-7-3-2-4-8-14/h5-6,9,11-12,14H,2-4,7-8,10H2,1H3,(H,20,24). The second-order valence-electron chi connectivity index (χ2n) is 6.74. The highest BCUT2D eigenvalue weighted by Crippen LogP contribution is 2.31. The van der Waals surface area contributed by atoms with Gasteiger partial charge in [0.05, 0.1) is 12.2 Å². The van der Waals surface area contributed by atoms with E-state index in [1.165, 1.54) is 25.5 Å². The Morgan fingerprint density at radius 3 is 2.96 bits per heavy atom. The number of pyridine rings is 1. The number of rotatable bonds is 4. The van der Waals surface area contributed by atoms with Gasteiger partial charge in [-0.3, -0.25) is 4.79 Å². The van der Waals surface area contributed by atoms with Crippen LogP contribution in [0.4, 0.5) is 0 Å². The molecule has 0 unspecified atom stereocenters. The Kier molecular flexibility index (Phi) is 4.26. The van der Waals surface area contributed by atoms with E-state index in [1.807, 2.05) is 35.9 Å². The van der Waals surface area contributed by atoms with Crippen molar-refractivity contribution < 1.29 is 9.21 Å². The molecule has 25 heavy (non-hydrogen) atoms. The summed E-state index contributed by atoms with van der Waals surface area (Å²) in [6.07, 6.45) is 11.2. The highest BCUT2D eigenvalue weighted by molar-refractivity contribution is 5.91. The van der Waals surface area contributed by atoms with E-state index in [9.17, 15) is 4.79 Å². The number of hydrogen-bond donors (Lipinski definition) is 1. The van der Waals surface area contributed by atoms with Crippen LogP contribution in [0.5, 0.6) is 0 Å². The minimum absolute atomic E-state index is 0.223. The van der Waals surface area contributed by atoms with Gasteiger partial charge in [-0.2, -0.15) is 0 Å². The normalized spacial score (nSPS) is 15.6. The highest BCUT2D eigenvalue weighted by Gasteiger charge is 2.22. The van der Waals surface area contributed by atoms with Crippen LogP contribution in [0.3, 0.4) is 0 Å². The molecule has 3 aromatic heterocycles. The van der Waals surface area contributed by atoms with E-state index in [2.05, 4.69) is 15.3 Å². The summed E-state index contributed by atoms with van der Waals surface area (Å²) < 4.78 is 7.52. The fourth-order valence-electron chi connectivity index (χ4n) is 3.48. The molecule has 0 radical (unpaired) electrons. The molecule has 0 atom stereocenters. The van der Waals surface area contributed by atoms with E-state index in [0.717, 1.165) is 29.7 Å². The minimum Gasteiger partial charge on any atom is -0.448 e. The lowest BCUT2D eigenvalue weighted by atomic mass is 9.89. The van der Waals surface area contributed by atoms with Crippen LogP contribution in [0, 0.1) is 6.92 Å². The molecule has 0 bridgehead atoms. The maximum atomic E-state index is 12.3. The van der Waals surface area contributed by atoms with Gasteiger partial charge in [-0.1, -0.05) is 25.3 Å². The van der Waals surface area contributed by atoms with Gasteiger partial charge < -0.3 is 14.1 Å². The van der Waals surface area contributed by atoms with E-state index in [0.29, 0.717) is 24.0 Å². The van der Waals surface area contributed by atoms with Gasteiger partial charge in [0.2, 0.25) is 0 Å². The van der Waals surface area contributed by atoms with Gasteiger partial charge in [0.1, 0.15) is 11.9 Å². The number of hydrogen-bond acceptors (Lipinski definition) is 4. The fraction of sp³-hybridized carbons (Fsp3) is 0.421. The van der Waals surface area contributed by atoms with Crippen LogP contribution in [0.2, 0.25) is 0 Å². The number of carbonyl (C=O) groups is 1. The first-order valence-electron chi connectivity index (χ1n) is 8.87. The third kappa shape index (κ3) is 3.29. The molecule has 1 fully saturated rings. The maximum Gasteiger partial charge on any atom is 0.273 e. The molecule has 1 saturated carbocycles. The molecule has 1 aliphatic rings. The second kappa shape index (κ2) is 6.70. The molecular formula is C19H22N4O2. The second-order valence-corrected chi connectivity index (χ2v) is 6.74. The van der Waals surface area contributed by atoms with Crippen molar-refractivity contribution in [3.63, 3.8) is 0 Å². The average Bonchev–Trinajstić information content (AvgIpc) is 3.28. The van der Waals surface area contributed by atoms with Crippen molar-refractivity contribution in [3.05, 3.63) is 53.6 Å². The number of nitrogens with one attached hydrogen (secondary N) is 1. The lowest BCUT2D eigenvalue weighted by Crippen LogP contribution is -2.23. The van der Waals surface area contributed by atoms with Gasteiger partial charge in [0, 0.05) is 18.3 Å². The van der Waals surface area contributed by atoms with Gasteiger partial charge in [0.25, 0.3) is 5.91 Å². The minimum atomic E-state index is -0.223. The first kappa shape index (κ1) is 15.9. The van der Waals surface area contributed by atoms with Crippen LogP contribution < -0.4 is 5.32 Å². The van der Waals surface area contributed by atoms with E-state index in [1.54, 1.807) is 0 Å². The summed E-state index contributed by atoms with van der Waals surface area (Å²) in [6, 6.07) is 4.00. The Morgan fingerprint density at radius 1 is 1.32 bits per heavy atom. The molecule has 6 nitrogen and oxygen atoms in total. The van der Waals surface area contributed by atoms with Crippen molar-refractivity contribution in [3.8, 4) is 0 Å². The van der Waals surface area contributed by atoms with Gasteiger partial charge in [-0.25, -0.2) is 9.97 Å². The zero-order valence-electron chi connectivity index (χ0n) is 14.4. The Labute approximate surface area is 146 Å². The Bertz CT molecular complexity index is 890. The average molecular weight is 338 g/mol. The molecule has 1 aliphatic carbocycles. The van der Waals surface area contributed by atoms with E-state index < -0.39 is 0 Å². The molecule has 0 saturated heterocycles. The van der Waals surface area contributed by atoms with Crippen molar-refractivity contribution in [2.24, 2.45) is 0 Å². The molecule has 3 aromatic rings. The molecule has 4 rings (SSSR count). The first-order chi connectivity index (χ1) is 12.2. The van der Waals surface area contributed by atoms with E-state index in [4.69, 9.17) is 4.42 Å². The van der Waals surface area contributed by atoms with Gasteiger partial charge in [-0.05, 0) is 31.4 Å². The van der Waals surface area contributed by atoms with Crippen molar-refractivity contribution >= 4 is 11.6 Å². The third-order valence-electron chi connectivity index (χ3n) is 4.87. The maximum absolute atomic E-state index is 12.3. The number of aryl methyl sites for hydroxylation is 1. The van der Waals surface area contributed by atoms with Crippen LogP contribution >= 0.6 is 0 Å². The van der Waals surface area contributed by atoms with Crippen molar-refractivity contribution in [2.45, 2.75) is 51.5 Å². The predicted octanol–water partition coefficient (Wildman–Crippen LogP) is 3.61. The van der Waals surface area contributed by atoms with E-state index >= 15 is 0 Å². The molecule has 1 amide bonds. The topological polar surface area (TPSA) is 72.4 Å². The van der Waals surface area contributed by atoms with Gasteiger partial charge in [0.15, 0.2) is 11.6 Å². The molecule has 3 heterocycles. The number of imidazole rings is 1. The highest BCUT2D eigenvalue weighted by atomic mass is 16.3. The Balaban J connectivity index is 1.41. The summed E-state index contributed by atoms with van der Waals surface area (Å²) in [5.74, 6) is 0.838. The predicted molar refractivity (Wildman–Crippen MR) is 93.4 cm³/mol. The monoisotopic (exact) mass is 338 g/mol. The number of fused-ring (bicyclic) bond motifs is 1. The smallest absolute Gasteiger partial charge is 0.273 e. The number of aromatic nitrogens is 3. The number of carbonyl (C=O) groups excluding carboxylic acids is 1. The molecule has 6 heteroatoms. The summed E-state index contributed by atoms with van der Waals surface area (Å²) in [4.78, 5) is 21.3. The number of amides is 1. The van der Waals surface area contributed by atoms with Crippen molar-refractivity contribution in [1.82, 2.24) is 19.7 Å². The largest absolute Gasteiger partial charge is 0.448 e. The molecular weight excluding hydrogens is 316 g/mol. The summed E-state index contributed by atoms with van der Waals surface area (Å²) in [5, 5.41) is 2.87. The van der Waals surface area contributed by atoms with E-state index in [-0.39, 0.29) is 5.91 Å². The molecule has 130 valence electrons. The zero-order chi connectivity index (χ0) is 17.2. The van der Waals surface area contributed by atoms with Gasteiger partial charge in [-0.15, -0.1) is 0 Å². The Hall–Kier alpha value is -2.63. The first-order valence-corrected chi connectivity index (χ1v) is 8.87. The van der Waals surface area contributed by atoms with Crippen LogP contribution in [0.25, 0.3) is 5.65 Å². The van der Waals surface area contributed by atoms with Crippen molar-refractivity contribution in [2.75, 3.05) is 0 Å². The number of nitrogens with zero attached hydrogens (tertiary/aromatic N) is 3. The van der Waals surface area contributed by atoms with Crippen LogP contribution in [-0.2, 0) is 6.54 Å². The quantitative estimate of drug-likeness (QED) is 0.789. The van der Waals surface area contributed by atoms with Crippen LogP contribution in [0.15, 0.2) is 35.2 Å².